The lowest BCUT2D eigenvalue weighted by Crippen LogP contribution is -2.24. The van der Waals surface area contributed by atoms with Crippen LogP contribution in [-0.4, -0.2) is 27.8 Å². The number of aliphatic hydroxyl groups excluding tert-OH is 1. The predicted molar refractivity (Wildman–Crippen MR) is 70.6 cm³/mol. The van der Waals surface area contributed by atoms with Crippen molar-refractivity contribution >= 4 is 5.91 Å². The normalized spacial score (nSPS) is 9.86. The molecule has 0 unspecified atom stereocenters. The maximum absolute atomic E-state index is 13.7. The fourth-order valence-corrected chi connectivity index (χ4v) is 1.59. The highest BCUT2D eigenvalue weighted by Gasteiger charge is 2.13. The number of aryl methyl sites for hydroxylation is 1. The number of halogens is 1. The number of carbonyl (C=O) groups is 1. The molecule has 0 atom stereocenters. The molecule has 2 rings (SSSR count). The highest BCUT2D eigenvalue weighted by atomic mass is 19.1. The van der Waals surface area contributed by atoms with Gasteiger partial charge in [-0.15, -0.1) is 0 Å². The van der Waals surface area contributed by atoms with Crippen LogP contribution in [0.5, 0.6) is 0 Å². The maximum atomic E-state index is 13.7. The minimum Gasteiger partial charge on any atom is -0.384 e. The summed E-state index contributed by atoms with van der Waals surface area (Å²) in [5, 5.41) is 14.7. The third kappa shape index (κ3) is 3.87. The van der Waals surface area contributed by atoms with Crippen molar-refractivity contribution in [2.75, 3.05) is 6.61 Å². The maximum Gasteiger partial charge on any atom is 0.254 e. The first kappa shape index (κ1) is 14.7. The largest absolute Gasteiger partial charge is 0.384 e. The number of aliphatic hydroxyl groups is 1. The second-order valence-corrected chi connectivity index (χ2v) is 4.07. The van der Waals surface area contributed by atoms with Gasteiger partial charge in [-0.2, -0.15) is 4.98 Å². The molecule has 7 heteroatoms. The van der Waals surface area contributed by atoms with Gasteiger partial charge in [-0.3, -0.25) is 4.79 Å². The van der Waals surface area contributed by atoms with Crippen LogP contribution in [0.25, 0.3) is 0 Å². The van der Waals surface area contributed by atoms with E-state index in [9.17, 15) is 9.18 Å². The van der Waals surface area contributed by atoms with E-state index in [2.05, 4.69) is 27.3 Å². The van der Waals surface area contributed by atoms with Gasteiger partial charge in [-0.25, -0.2) is 4.39 Å². The lowest BCUT2D eigenvalue weighted by atomic mass is 10.1. The Morgan fingerprint density at radius 2 is 2.33 bits per heavy atom. The highest BCUT2D eigenvalue weighted by Crippen LogP contribution is 2.10. The fourth-order valence-electron chi connectivity index (χ4n) is 1.59. The molecule has 21 heavy (non-hydrogen) atoms. The van der Waals surface area contributed by atoms with E-state index in [1.54, 1.807) is 6.92 Å². The van der Waals surface area contributed by atoms with E-state index < -0.39 is 11.7 Å². The van der Waals surface area contributed by atoms with Gasteiger partial charge in [-0.05, 0) is 18.2 Å². The SMILES string of the molecule is Cc1nc(CNC(=O)c2cc(C#CCO)ccc2F)no1. The van der Waals surface area contributed by atoms with Crippen LogP contribution in [-0.2, 0) is 6.54 Å². The molecule has 0 radical (unpaired) electrons. The molecule has 0 aliphatic rings. The summed E-state index contributed by atoms with van der Waals surface area (Å²) in [7, 11) is 0. The van der Waals surface area contributed by atoms with Gasteiger partial charge in [0.2, 0.25) is 5.89 Å². The van der Waals surface area contributed by atoms with Gasteiger partial charge in [0.15, 0.2) is 5.82 Å². The summed E-state index contributed by atoms with van der Waals surface area (Å²) in [4.78, 5) is 15.9. The zero-order chi connectivity index (χ0) is 15.2. The van der Waals surface area contributed by atoms with Gasteiger partial charge >= 0.3 is 0 Å². The van der Waals surface area contributed by atoms with E-state index in [1.807, 2.05) is 0 Å². The number of rotatable bonds is 3. The van der Waals surface area contributed by atoms with Crippen LogP contribution in [0.3, 0.4) is 0 Å². The zero-order valence-electron chi connectivity index (χ0n) is 11.2. The van der Waals surface area contributed by atoms with Crippen LogP contribution in [0.4, 0.5) is 4.39 Å². The number of hydrogen-bond donors (Lipinski definition) is 2. The second-order valence-electron chi connectivity index (χ2n) is 4.07. The molecule has 0 bridgehead atoms. The number of hydrogen-bond acceptors (Lipinski definition) is 5. The van der Waals surface area contributed by atoms with Crippen molar-refractivity contribution in [2.24, 2.45) is 0 Å². The third-order valence-corrected chi connectivity index (χ3v) is 2.50. The summed E-state index contributed by atoms with van der Waals surface area (Å²) in [5.41, 5.74) is 0.297. The molecule has 1 heterocycles. The van der Waals surface area contributed by atoms with Gasteiger partial charge in [0.25, 0.3) is 5.91 Å². The summed E-state index contributed by atoms with van der Waals surface area (Å²) in [6.07, 6.45) is 0. The van der Waals surface area contributed by atoms with E-state index in [-0.39, 0.29) is 18.7 Å². The second kappa shape index (κ2) is 6.63. The Hall–Kier alpha value is -2.72. The summed E-state index contributed by atoms with van der Waals surface area (Å²) >= 11 is 0. The zero-order valence-corrected chi connectivity index (χ0v) is 11.2. The summed E-state index contributed by atoms with van der Waals surface area (Å²) in [6.45, 7) is 1.35. The highest BCUT2D eigenvalue weighted by molar-refractivity contribution is 5.94. The molecule has 0 saturated heterocycles. The lowest BCUT2D eigenvalue weighted by Gasteiger charge is -2.04. The molecule has 108 valence electrons. The molecule has 0 aliphatic heterocycles. The standard InChI is InChI=1S/C14H12FN3O3/c1-9-17-13(18-21-9)8-16-14(20)11-7-10(3-2-6-19)4-5-12(11)15/h4-5,7,19H,6,8H2,1H3,(H,16,20). The molecule has 0 aliphatic carbocycles. The van der Waals surface area contributed by atoms with Crippen molar-refractivity contribution in [3.8, 4) is 11.8 Å². The van der Waals surface area contributed by atoms with Gasteiger partial charge in [-0.1, -0.05) is 17.0 Å². The Morgan fingerprint density at radius 1 is 1.52 bits per heavy atom. The van der Waals surface area contributed by atoms with Crippen LogP contribution in [0, 0.1) is 24.6 Å². The first-order valence-corrected chi connectivity index (χ1v) is 6.07. The average Bonchev–Trinajstić information content (AvgIpc) is 2.89. The van der Waals surface area contributed by atoms with Crippen LogP contribution >= 0.6 is 0 Å². The Labute approximate surface area is 120 Å². The molecule has 2 N–H and O–H groups in total. The van der Waals surface area contributed by atoms with E-state index in [0.717, 1.165) is 6.07 Å². The topological polar surface area (TPSA) is 88.2 Å². The Morgan fingerprint density at radius 3 is 3.00 bits per heavy atom. The summed E-state index contributed by atoms with van der Waals surface area (Å²) in [6, 6.07) is 3.89. The first-order valence-electron chi connectivity index (χ1n) is 6.07. The Kier molecular flexibility index (Phi) is 4.64. The minimum atomic E-state index is -0.661. The molecule has 0 fully saturated rings. The first-order chi connectivity index (χ1) is 10.1. The third-order valence-electron chi connectivity index (χ3n) is 2.50. The smallest absolute Gasteiger partial charge is 0.254 e. The minimum absolute atomic E-state index is 0.0299. The van der Waals surface area contributed by atoms with Gasteiger partial charge < -0.3 is 14.9 Å². The van der Waals surface area contributed by atoms with Crippen LogP contribution in [0.1, 0.15) is 27.6 Å². The lowest BCUT2D eigenvalue weighted by molar-refractivity contribution is 0.0945. The van der Waals surface area contributed by atoms with Crippen molar-refractivity contribution in [3.05, 3.63) is 46.9 Å². The van der Waals surface area contributed by atoms with E-state index in [0.29, 0.717) is 17.3 Å². The number of benzene rings is 1. The number of carbonyl (C=O) groups excluding carboxylic acids is 1. The molecule has 0 spiro atoms. The summed E-state index contributed by atoms with van der Waals surface area (Å²) in [5.74, 6) is 4.45. The van der Waals surface area contributed by atoms with Gasteiger partial charge in [0.05, 0.1) is 12.1 Å². The fraction of sp³-hybridized carbons (Fsp3) is 0.214. The average molecular weight is 289 g/mol. The number of nitrogens with zero attached hydrogens (tertiary/aromatic N) is 2. The molecule has 1 aromatic carbocycles. The molecule has 1 aromatic heterocycles. The molecule has 1 amide bonds. The Balaban J connectivity index is 2.10. The Bertz CT molecular complexity index is 716. The molecule has 6 nitrogen and oxygen atoms in total. The molecular weight excluding hydrogens is 277 g/mol. The van der Waals surface area contributed by atoms with Crippen molar-refractivity contribution < 1.29 is 18.8 Å². The van der Waals surface area contributed by atoms with E-state index in [4.69, 9.17) is 9.63 Å². The van der Waals surface area contributed by atoms with Crippen LogP contribution in [0.15, 0.2) is 22.7 Å². The van der Waals surface area contributed by atoms with E-state index >= 15 is 0 Å². The molecular formula is C14H12FN3O3. The van der Waals surface area contributed by atoms with Gasteiger partial charge in [0, 0.05) is 12.5 Å². The molecule has 2 aromatic rings. The number of nitrogens with one attached hydrogen (secondary N) is 1. The van der Waals surface area contributed by atoms with Crippen molar-refractivity contribution in [3.63, 3.8) is 0 Å². The number of aromatic nitrogens is 2. The van der Waals surface area contributed by atoms with Gasteiger partial charge in [0.1, 0.15) is 12.4 Å². The van der Waals surface area contributed by atoms with Crippen molar-refractivity contribution in [1.82, 2.24) is 15.5 Å². The molecule has 0 saturated carbocycles. The van der Waals surface area contributed by atoms with Crippen molar-refractivity contribution in [2.45, 2.75) is 13.5 Å². The predicted octanol–water partition coefficient (Wildman–Crippen LogP) is 0.791. The van der Waals surface area contributed by atoms with Crippen LogP contribution in [0.2, 0.25) is 0 Å². The van der Waals surface area contributed by atoms with E-state index in [1.165, 1.54) is 12.1 Å². The van der Waals surface area contributed by atoms with Crippen molar-refractivity contribution in [1.29, 1.82) is 0 Å². The van der Waals surface area contributed by atoms with Crippen LogP contribution < -0.4 is 5.32 Å². The summed E-state index contributed by atoms with van der Waals surface area (Å²) < 4.78 is 18.4. The number of amides is 1. The quantitative estimate of drug-likeness (QED) is 0.816. The monoisotopic (exact) mass is 289 g/mol.